The highest BCUT2D eigenvalue weighted by Gasteiger charge is 2.34. The Hall–Kier alpha value is -1.01. The first-order valence-corrected chi connectivity index (χ1v) is 6.21. The molecule has 0 amide bonds. The summed E-state index contributed by atoms with van der Waals surface area (Å²) >= 11 is 0. The Labute approximate surface area is 97.0 Å². The summed E-state index contributed by atoms with van der Waals surface area (Å²) in [5, 5.41) is 8.68. The van der Waals surface area contributed by atoms with Crippen molar-refractivity contribution in [1.82, 2.24) is 0 Å². The van der Waals surface area contributed by atoms with Gasteiger partial charge in [-0.15, -0.1) is 0 Å². The normalized spacial score (nSPS) is 30.8. The lowest BCUT2D eigenvalue weighted by molar-refractivity contribution is -0.209. The van der Waals surface area contributed by atoms with Gasteiger partial charge in [0.25, 0.3) is 0 Å². The zero-order valence-corrected chi connectivity index (χ0v) is 9.71. The van der Waals surface area contributed by atoms with Crippen LogP contribution in [0.5, 0.6) is 0 Å². The van der Waals surface area contributed by atoms with Gasteiger partial charge in [0, 0.05) is 12.8 Å². The van der Waals surface area contributed by atoms with Gasteiger partial charge in [-0.1, -0.05) is 6.42 Å². The summed E-state index contributed by atoms with van der Waals surface area (Å²) in [5.41, 5.74) is 1.10. The zero-order chi connectivity index (χ0) is 11.3. The molecule has 1 unspecified atom stereocenters. The van der Waals surface area contributed by atoms with Crippen LogP contribution in [0.2, 0.25) is 0 Å². The highest BCUT2D eigenvalue weighted by atomic mass is 16.7. The number of hydrogen-bond acceptors (Lipinski definition) is 3. The van der Waals surface area contributed by atoms with Crippen molar-refractivity contribution in [3.05, 3.63) is 11.8 Å². The Bertz CT molecular complexity index is 296. The molecule has 3 nitrogen and oxygen atoms in total. The molecule has 2 rings (SSSR count). The maximum atomic E-state index is 8.68. The van der Waals surface area contributed by atoms with Crippen molar-refractivity contribution < 1.29 is 9.47 Å². The minimum absolute atomic E-state index is 0.381. The number of ether oxygens (including phenoxy) is 2. The van der Waals surface area contributed by atoms with E-state index in [0.717, 1.165) is 44.3 Å². The smallest absolute Gasteiger partial charge is 0.209 e. The van der Waals surface area contributed by atoms with Crippen molar-refractivity contribution in [3.8, 4) is 6.07 Å². The van der Waals surface area contributed by atoms with Crippen LogP contribution in [-0.4, -0.2) is 12.4 Å². The quantitative estimate of drug-likeness (QED) is 0.682. The molecule has 0 bridgehead atoms. The van der Waals surface area contributed by atoms with E-state index in [1.54, 1.807) is 6.26 Å². The van der Waals surface area contributed by atoms with Crippen LogP contribution in [0, 0.1) is 11.3 Å². The van der Waals surface area contributed by atoms with Gasteiger partial charge in [-0.05, 0) is 31.3 Å². The van der Waals surface area contributed by atoms with Gasteiger partial charge >= 0.3 is 0 Å². The summed E-state index contributed by atoms with van der Waals surface area (Å²) in [6.07, 6.45) is 9.80. The van der Waals surface area contributed by atoms with Gasteiger partial charge in [0.1, 0.15) is 0 Å². The standard InChI is InChI=1S/C13H19NO2/c14-9-6-12-5-4-8-13(16-11-12)7-2-1-3-10-15-13/h11H,1-8,10H2. The molecule has 1 spiro atoms. The molecule has 1 fully saturated rings. The van der Waals surface area contributed by atoms with E-state index >= 15 is 0 Å². The molecule has 0 saturated carbocycles. The van der Waals surface area contributed by atoms with Gasteiger partial charge in [0.05, 0.1) is 25.4 Å². The lowest BCUT2D eigenvalue weighted by Crippen LogP contribution is -2.33. The molecule has 0 aliphatic carbocycles. The molecule has 16 heavy (non-hydrogen) atoms. The van der Waals surface area contributed by atoms with Gasteiger partial charge in [-0.3, -0.25) is 0 Å². The summed E-state index contributed by atoms with van der Waals surface area (Å²) in [6, 6.07) is 2.18. The van der Waals surface area contributed by atoms with Crippen molar-refractivity contribution in [2.75, 3.05) is 6.61 Å². The lowest BCUT2D eigenvalue weighted by atomic mass is 10.0. The fourth-order valence-corrected chi connectivity index (χ4v) is 2.42. The monoisotopic (exact) mass is 221 g/mol. The molecule has 0 aromatic rings. The van der Waals surface area contributed by atoms with Crippen LogP contribution < -0.4 is 0 Å². The number of hydrogen-bond donors (Lipinski definition) is 0. The van der Waals surface area contributed by atoms with Crippen LogP contribution in [0.1, 0.15) is 51.4 Å². The largest absolute Gasteiger partial charge is 0.470 e. The highest BCUT2D eigenvalue weighted by Crippen LogP contribution is 2.34. The van der Waals surface area contributed by atoms with Crippen molar-refractivity contribution in [2.45, 2.75) is 57.2 Å². The summed E-state index contributed by atoms with van der Waals surface area (Å²) in [4.78, 5) is 0. The van der Waals surface area contributed by atoms with Crippen molar-refractivity contribution >= 4 is 0 Å². The molecule has 2 aliphatic heterocycles. The molecule has 1 atom stereocenters. The second kappa shape index (κ2) is 5.36. The maximum absolute atomic E-state index is 8.68. The molecular formula is C13H19NO2. The Kier molecular flexibility index (Phi) is 3.84. The van der Waals surface area contributed by atoms with Gasteiger partial charge in [0.2, 0.25) is 5.79 Å². The highest BCUT2D eigenvalue weighted by molar-refractivity contribution is 5.06. The van der Waals surface area contributed by atoms with Crippen LogP contribution in [-0.2, 0) is 9.47 Å². The maximum Gasteiger partial charge on any atom is 0.209 e. The molecule has 2 heterocycles. The number of nitrogens with zero attached hydrogens (tertiary/aromatic N) is 1. The third-order valence-electron chi connectivity index (χ3n) is 3.37. The first-order valence-electron chi connectivity index (χ1n) is 6.21. The second-order valence-corrected chi connectivity index (χ2v) is 4.65. The van der Waals surface area contributed by atoms with E-state index in [1.165, 1.54) is 12.8 Å². The number of allylic oxidation sites excluding steroid dienone is 1. The van der Waals surface area contributed by atoms with Gasteiger partial charge in [0.15, 0.2) is 0 Å². The average molecular weight is 221 g/mol. The van der Waals surface area contributed by atoms with Gasteiger partial charge in [-0.2, -0.15) is 5.26 Å². The fourth-order valence-electron chi connectivity index (χ4n) is 2.42. The predicted octanol–water partition coefficient (Wildman–Crippen LogP) is 3.27. The molecule has 2 aliphatic rings. The SMILES string of the molecule is N#CCC1=COC2(CCCCCO2)CCC1. The van der Waals surface area contributed by atoms with E-state index in [0.29, 0.717) is 6.42 Å². The first-order chi connectivity index (χ1) is 7.85. The summed E-state index contributed by atoms with van der Waals surface area (Å²) < 4.78 is 11.7. The molecule has 88 valence electrons. The van der Waals surface area contributed by atoms with Gasteiger partial charge in [-0.25, -0.2) is 0 Å². The topological polar surface area (TPSA) is 42.2 Å². The van der Waals surface area contributed by atoms with Crippen LogP contribution in [0.3, 0.4) is 0 Å². The molecule has 0 aromatic carbocycles. The summed E-state index contributed by atoms with van der Waals surface area (Å²) in [7, 11) is 0. The zero-order valence-electron chi connectivity index (χ0n) is 9.71. The fraction of sp³-hybridized carbons (Fsp3) is 0.769. The number of nitriles is 1. The Morgan fingerprint density at radius 1 is 1.25 bits per heavy atom. The van der Waals surface area contributed by atoms with E-state index in [2.05, 4.69) is 6.07 Å². The van der Waals surface area contributed by atoms with Crippen LogP contribution in [0.25, 0.3) is 0 Å². The molecule has 0 N–H and O–H groups in total. The Balaban J connectivity index is 2.02. The molecule has 1 saturated heterocycles. The van der Waals surface area contributed by atoms with E-state index in [1.807, 2.05) is 0 Å². The summed E-state index contributed by atoms with van der Waals surface area (Å²) in [5.74, 6) is -0.381. The van der Waals surface area contributed by atoms with Crippen molar-refractivity contribution in [3.63, 3.8) is 0 Å². The van der Waals surface area contributed by atoms with E-state index in [9.17, 15) is 0 Å². The third-order valence-corrected chi connectivity index (χ3v) is 3.37. The molecule has 3 heteroatoms. The predicted molar refractivity (Wildman–Crippen MR) is 60.4 cm³/mol. The lowest BCUT2D eigenvalue weighted by Gasteiger charge is -2.30. The van der Waals surface area contributed by atoms with Crippen molar-refractivity contribution in [1.29, 1.82) is 5.26 Å². The van der Waals surface area contributed by atoms with Crippen LogP contribution >= 0.6 is 0 Å². The minimum Gasteiger partial charge on any atom is -0.470 e. The molecular weight excluding hydrogens is 202 g/mol. The van der Waals surface area contributed by atoms with Crippen LogP contribution in [0.15, 0.2) is 11.8 Å². The first kappa shape index (κ1) is 11.5. The third kappa shape index (κ3) is 2.76. The van der Waals surface area contributed by atoms with Crippen LogP contribution in [0.4, 0.5) is 0 Å². The Morgan fingerprint density at radius 3 is 3.00 bits per heavy atom. The van der Waals surface area contributed by atoms with E-state index < -0.39 is 0 Å². The van der Waals surface area contributed by atoms with Crippen molar-refractivity contribution in [2.24, 2.45) is 0 Å². The number of rotatable bonds is 1. The second-order valence-electron chi connectivity index (χ2n) is 4.65. The van der Waals surface area contributed by atoms with E-state index in [-0.39, 0.29) is 5.79 Å². The molecule has 0 aromatic heterocycles. The Morgan fingerprint density at radius 2 is 2.12 bits per heavy atom. The summed E-state index contributed by atoms with van der Waals surface area (Å²) in [6.45, 7) is 0.807. The van der Waals surface area contributed by atoms with Gasteiger partial charge < -0.3 is 9.47 Å². The van der Waals surface area contributed by atoms with E-state index in [4.69, 9.17) is 14.7 Å². The average Bonchev–Trinajstić information content (AvgIpc) is 2.62. The minimum atomic E-state index is -0.381. The molecule has 0 radical (unpaired) electrons.